The third-order valence-electron chi connectivity index (χ3n) is 6.59. The highest BCUT2D eigenvalue weighted by Crippen LogP contribution is 2.36. The number of carbonyl (C=O) groups excluding carboxylic acids is 1. The highest BCUT2D eigenvalue weighted by atomic mass is 19.3. The van der Waals surface area contributed by atoms with E-state index in [2.05, 4.69) is 15.2 Å². The Kier molecular flexibility index (Phi) is 6.62. The molecule has 10 heteroatoms. The monoisotopic (exact) mass is 454 g/mol. The third-order valence-corrected chi connectivity index (χ3v) is 6.59. The summed E-state index contributed by atoms with van der Waals surface area (Å²) in [5.41, 5.74) is 0.103. The van der Waals surface area contributed by atoms with Gasteiger partial charge < -0.3 is 25.3 Å². The number of pyridine rings is 1. The summed E-state index contributed by atoms with van der Waals surface area (Å²) in [7, 11) is 0. The van der Waals surface area contributed by atoms with Crippen molar-refractivity contribution in [3.8, 4) is 0 Å². The van der Waals surface area contributed by atoms with E-state index in [0.717, 1.165) is 0 Å². The molecule has 1 aromatic heterocycles. The predicted molar refractivity (Wildman–Crippen MR) is 113 cm³/mol. The van der Waals surface area contributed by atoms with Crippen molar-refractivity contribution >= 4 is 17.5 Å². The van der Waals surface area contributed by atoms with Crippen molar-refractivity contribution in [1.29, 1.82) is 0 Å². The first-order valence-electron chi connectivity index (χ1n) is 11.1. The van der Waals surface area contributed by atoms with Crippen LogP contribution in [0.1, 0.15) is 44.1 Å². The number of carbonyl (C=O) groups is 1. The van der Waals surface area contributed by atoms with Crippen LogP contribution in [0.5, 0.6) is 0 Å². The van der Waals surface area contributed by atoms with Gasteiger partial charge in [-0.05, 0) is 37.8 Å². The number of aliphatic hydroxyl groups is 2. The average molecular weight is 454 g/mol. The lowest BCUT2D eigenvalue weighted by Gasteiger charge is -2.38. The fraction of sp³-hybridized carbons (Fsp3) is 0.636. The third kappa shape index (κ3) is 4.85. The van der Waals surface area contributed by atoms with E-state index in [0.29, 0.717) is 50.4 Å². The molecule has 3 heterocycles. The minimum Gasteiger partial charge on any atom is -0.507 e. The molecule has 1 aromatic rings. The number of hydrogen-bond acceptors (Lipinski definition) is 6. The molecule has 2 fully saturated rings. The molecule has 3 N–H and O–H groups in total. The number of amides is 1. The van der Waals surface area contributed by atoms with Gasteiger partial charge in [0, 0.05) is 51.3 Å². The Labute approximate surface area is 184 Å². The maximum Gasteiger partial charge on any atom is 0.255 e. The van der Waals surface area contributed by atoms with Crippen molar-refractivity contribution in [1.82, 2.24) is 15.2 Å². The maximum atomic E-state index is 13.4. The second-order valence-electron chi connectivity index (χ2n) is 8.82. The van der Waals surface area contributed by atoms with E-state index in [1.165, 1.54) is 6.20 Å². The fourth-order valence-electron chi connectivity index (χ4n) is 4.62. The minimum atomic E-state index is -2.72. The number of alkyl halides is 3. The average Bonchev–Trinajstić information content (AvgIpc) is 2.76. The van der Waals surface area contributed by atoms with Crippen LogP contribution < -0.4 is 10.2 Å². The fourth-order valence-corrected chi connectivity index (χ4v) is 4.62. The molecular weight excluding hydrogens is 425 g/mol. The van der Waals surface area contributed by atoms with Crippen LogP contribution in [-0.2, 0) is 4.79 Å². The van der Waals surface area contributed by atoms with Crippen molar-refractivity contribution in [2.75, 3.05) is 31.1 Å². The van der Waals surface area contributed by atoms with E-state index >= 15 is 0 Å². The summed E-state index contributed by atoms with van der Waals surface area (Å²) in [6, 6.07) is 2.79. The quantitative estimate of drug-likeness (QED) is 0.634. The summed E-state index contributed by atoms with van der Waals surface area (Å²) in [5.74, 6) is -3.41. The van der Waals surface area contributed by atoms with Crippen LogP contribution in [-0.4, -0.2) is 76.5 Å². The van der Waals surface area contributed by atoms with Crippen LogP contribution in [0, 0.1) is 0 Å². The molecule has 2 aliphatic heterocycles. The van der Waals surface area contributed by atoms with Gasteiger partial charge in [-0.1, -0.05) is 0 Å². The molecule has 1 amide bonds. The van der Waals surface area contributed by atoms with Crippen molar-refractivity contribution in [2.24, 2.45) is 0 Å². The van der Waals surface area contributed by atoms with Gasteiger partial charge in [0.15, 0.2) is 6.23 Å². The van der Waals surface area contributed by atoms with Gasteiger partial charge in [0.1, 0.15) is 23.3 Å². The number of hydrogen-bond donors (Lipinski definition) is 3. The standard InChI is InChI=1S/C22H29F3N4O3/c23-14-5-10-28(11-6-14)12-13-29-19-16(2-1-9-26-19)18(30)17(21(29)32)20(31)27-15-3-7-22(24,25)8-4-15/h1-2,9,14-15,21,30,32H,3-8,10-13H2,(H,27,31). The molecule has 0 spiro atoms. The number of anilines is 1. The number of nitrogens with one attached hydrogen (secondary N) is 1. The van der Waals surface area contributed by atoms with Gasteiger partial charge in [-0.2, -0.15) is 0 Å². The number of halogens is 3. The second-order valence-corrected chi connectivity index (χ2v) is 8.82. The zero-order valence-corrected chi connectivity index (χ0v) is 17.8. The molecule has 1 unspecified atom stereocenters. The van der Waals surface area contributed by atoms with E-state index in [1.54, 1.807) is 17.0 Å². The van der Waals surface area contributed by atoms with Crippen molar-refractivity contribution in [2.45, 2.75) is 62.9 Å². The molecule has 1 aliphatic carbocycles. The molecule has 1 saturated carbocycles. The number of likely N-dealkylation sites (tertiary alicyclic amines) is 1. The first-order valence-corrected chi connectivity index (χ1v) is 11.1. The van der Waals surface area contributed by atoms with Gasteiger partial charge in [0.25, 0.3) is 5.91 Å². The lowest BCUT2D eigenvalue weighted by atomic mass is 9.91. The zero-order valence-electron chi connectivity index (χ0n) is 17.8. The van der Waals surface area contributed by atoms with Gasteiger partial charge >= 0.3 is 0 Å². The van der Waals surface area contributed by atoms with Crippen molar-refractivity contribution in [3.63, 3.8) is 0 Å². The van der Waals surface area contributed by atoms with Crippen molar-refractivity contribution < 1.29 is 28.2 Å². The van der Waals surface area contributed by atoms with Crippen LogP contribution >= 0.6 is 0 Å². The topological polar surface area (TPSA) is 88.9 Å². The van der Waals surface area contributed by atoms with E-state index in [9.17, 15) is 28.2 Å². The number of nitrogens with zero attached hydrogens (tertiary/aromatic N) is 3. The Balaban J connectivity index is 1.50. The number of rotatable bonds is 5. The van der Waals surface area contributed by atoms with Gasteiger partial charge in [-0.25, -0.2) is 18.2 Å². The van der Waals surface area contributed by atoms with Crippen LogP contribution in [0.4, 0.5) is 19.0 Å². The molecular formula is C22H29F3N4O3. The zero-order chi connectivity index (χ0) is 22.9. The molecule has 176 valence electrons. The number of aliphatic hydroxyl groups excluding tert-OH is 2. The number of piperidine rings is 1. The van der Waals surface area contributed by atoms with Crippen LogP contribution in [0.25, 0.3) is 5.76 Å². The Morgan fingerprint density at radius 3 is 2.56 bits per heavy atom. The Morgan fingerprint density at radius 1 is 1.19 bits per heavy atom. The SMILES string of the molecule is O=C(NC1CCC(F)(F)CC1)C1=C(O)c2cccnc2N(CCN2CCC(F)CC2)C1O. The molecule has 0 radical (unpaired) electrons. The Hall–Kier alpha value is -2.33. The summed E-state index contributed by atoms with van der Waals surface area (Å²) >= 11 is 0. The number of fused-ring (bicyclic) bond motifs is 1. The molecule has 7 nitrogen and oxygen atoms in total. The lowest BCUT2D eigenvalue weighted by molar-refractivity contribution is -0.120. The molecule has 3 aliphatic rings. The molecule has 1 atom stereocenters. The summed E-state index contributed by atoms with van der Waals surface area (Å²) in [6.07, 6.45) is -0.110. The molecule has 32 heavy (non-hydrogen) atoms. The summed E-state index contributed by atoms with van der Waals surface area (Å²) in [4.78, 5) is 20.9. The molecule has 0 bridgehead atoms. The van der Waals surface area contributed by atoms with Gasteiger partial charge in [-0.3, -0.25) is 4.79 Å². The van der Waals surface area contributed by atoms with Crippen LogP contribution in [0.3, 0.4) is 0 Å². The summed E-state index contributed by atoms with van der Waals surface area (Å²) in [6.45, 7) is 2.08. The van der Waals surface area contributed by atoms with E-state index in [1.807, 2.05) is 0 Å². The Bertz CT molecular complexity index is 864. The largest absolute Gasteiger partial charge is 0.507 e. The molecule has 4 rings (SSSR count). The van der Waals surface area contributed by atoms with Gasteiger partial charge in [-0.15, -0.1) is 0 Å². The second kappa shape index (κ2) is 9.27. The smallest absolute Gasteiger partial charge is 0.255 e. The van der Waals surface area contributed by atoms with Gasteiger partial charge in [0.05, 0.1) is 5.56 Å². The predicted octanol–water partition coefficient (Wildman–Crippen LogP) is 2.62. The normalized spacial score (nSPS) is 25.0. The van der Waals surface area contributed by atoms with Crippen LogP contribution in [0.15, 0.2) is 23.9 Å². The lowest BCUT2D eigenvalue weighted by Crippen LogP contribution is -2.50. The molecule has 1 saturated heterocycles. The first-order chi connectivity index (χ1) is 15.2. The summed E-state index contributed by atoms with van der Waals surface area (Å²) < 4.78 is 40.3. The highest BCUT2D eigenvalue weighted by Gasteiger charge is 2.39. The first kappa shape index (κ1) is 22.8. The van der Waals surface area contributed by atoms with E-state index in [-0.39, 0.29) is 37.0 Å². The minimum absolute atomic E-state index is 0.134. The van der Waals surface area contributed by atoms with Crippen molar-refractivity contribution in [3.05, 3.63) is 29.5 Å². The molecule has 0 aromatic carbocycles. The highest BCUT2D eigenvalue weighted by molar-refractivity contribution is 6.03. The van der Waals surface area contributed by atoms with Gasteiger partial charge in [0.2, 0.25) is 5.92 Å². The van der Waals surface area contributed by atoms with E-state index < -0.39 is 30.3 Å². The Morgan fingerprint density at radius 2 is 1.88 bits per heavy atom. The summed E-state index contributed by atoms with van der Waals surface area (Å²) in [5, 5.41) is 24.5. The van der Waals surface area contributed by atoms with E-state index in [4.69, 9.17) is 0 Å². The number of aromatic nitrogens is 1. The van der Waals surface area contributed by atoms with Crippen LogP contribution in [0.2, 0.25) is 0 Å². The maximum absolute atomic E-state index is 13.4.